The molecule has 1 fully saturated rings. The maximum absolute atomic E-state index is 9.80. The number of oxime groups is 1. The van der Waals surface area contributed by atoms with Gasteiger partial charge in [0.1, 0.15) is 0 Å². The normalized spacial score (nSPS) is 25.5. The Morgan fingerprint density at radius 3 is 2.15 bits per heavy atom. The van der Waals surface area contributed by atoms with Crippen LogP contribution in [0.1, 0.15) is 62.2 Å². The molecule has 3 nitrogen and oxygen atoms in total. The zero-order valence-electron chi connectivity index (χ0n) is 15.9. The zero-order chi connectivity index (χ0) is 18.4. The Bertz CT molecular complexity index is 699. The molecule has 1 heterocycles. The molecule has 3 atom stereocenters. The first-order valence-electron chi connectivity index (χ1n) is 9.79. The smallest absolute Gasteiger partial charge is 0.0639 e. The summed E-state index contributed by atoms with van der Waals surface area (Å²) in [5.74, 6) is 0.263. The monoisotopic (exact) mass is 350 g/mol. The van der Waals surface area contributed by atoms with Crippen molar-refractivity contribution in [2.75, 3.05) is 7.05 Å². The second-order valence-electron chi connectivity index (χ2n) is 7.35. The van der Waals surface area contributed by atoms with Gasteiger partial charge in [0.2, 0.25) is 0 Å². The second-order valence-corrected chi connectivity index (χ2v) is 7.35. The quantitative estimate of drug-likeness (QED) is 0.404. The third-order valence-electron chi connectivity index (χ3n) is 5.71. The van der Waals surface area contributed by atoms with Crippen LogP contribution in [-0.4, -0.2) is 22.9 Å². The number of piperidine rings is 1. The maximum Gasteiger partial charge on any atom is 0.0639 e. The topological polar surface area (TPSA) is 35.8 Å². The molecule has 1 aliphatic heterocycles. The Kier molecular flexibility index (Phi) is 6.45. The van der Waals surface area contributed by atoms with E-state index < -0.39 is 0 Å². The fraction of sp³-hybridized carbons (Fsp3) is 0.435. The fourth-order valence-electron chi connectivity index (χ4n) is 4.35. The molecule has 1 N–H and O–H groups in total. The van der Waals surface area contributed by atoms with E-state index in [0.29, 0.717) is 0 Å². The molecule has 0 aliphatic carbocycles. The number of likely N-dealkylation sites (tertiary alicyclic amines) is 1. The molecular formula is C23H30N2O. The van der Waals surface area contributed by atoms with Crippen molar-refractivity contribution in [1.29, 1.82) is 0 Å². The molecule has 2 aromatic carbocycles. The van der Waals surface area contributed by atoms with Gasteiger partial charge in [0.15, 0.2) is 0 Å². The molecule has 0 amide bonds. The van der Waals surface area contributed by atoms with Crippen LogP contribution in [-0.2, 0) is 0 Å². The maximum atomic E-state index is 9.80. The average molecular weight is 351 g/mol. The van der Waals surface area contributed by atoms with Crippen molar-refractivity contribution in [2.24, 2.45) is 11.1 Å². The van der Waals surface area contributed by atoms with E-state index in [2.05, 4.69) is 84.7 Å². The van der Waals surface area contributed by atoms with Gasteiger partial charge in [-0.2, -0.15) is 0 Å². The van der Waals surface area contributed by atoms with Crippen LogP contribution in [0.2, 0.25) is 0 Å². The molecule has 0 unspecified atom stereocenters. The summed E-state index contributed by atoms with van der Waals surface area (Å²) in [5, 5.41) is 13.6. The minimum Gasteiger partial charge on any atom is -0.411 e. The van der Waals surface area contributed by atoms with Crippen LogP contribution in [0.25, 0.3) is 0 Å². The number of nitrogens with zero attached hydrogens (tertiary/aromatic N) is 2. The van der Waals surface area contributed by atoms with Crippen LogP contribution in [0.15, 0.2) is 65.8 Å². The first-order chi connectivity index (χ1) is 12.8. The van der Waals surface area contributed by atoms with E-state index in [-0.39, 0.29) is 18.0 Å². The minimum absolute atomic E-state index is 0.231. The second kappa shape index (κ2) is 9.00. The molecule has 3 heteroatoms. The van der Waals surface area contributed by atoms with E-state index in [9.17, 15) is 5.21 Å². The Morgan fingerprint density at radius 2 is 1.58 bits per heavy atom. The van der Waals surface area contributed by atoms with Crippen LogP contribution in [0.4, 0.5) is 0 Å². The van der Waals surface area contributed by atoms with Gasteiger partial charge in [0, 0.05) is 24.4 Å². The predicted octanol–water partition coefficient (Wildman–Crippen LogP) is 5.83. The van der Waals surface area contributed by atoms with Gasteiger partial charge in [-0.05, 0) is 24.6 Å². The first kappa shape index (κ1) is 18.7. The molecule has 0 bridgehead atoms. The highest BCUT2D eigenvalue weighted by Gasteiger charge is 2.40. The Hall–Kier alpha value is -2.13. The largest absolute Gasteiger partial charge is 0.411 e. The van der Waals surface area contributed by atoms with Crippen LogP contribution in [0.5, 0.6) is 0 Å². The van der Waals surface area contributed by atoms with Gasteiger partial charge in [-0.1, -0.05) is 92.0 Å². The lowest BCUT2D eigenvalue weighted by Gasteiger charge is -2.45. The van der Waals surface area contributed by atoms with Crippen LogP contribution < -0.4 is 0 Å². The molecule has 1 saturated heterocycles. The molecule has 3 rings (SSSR count). The lowest BCUT2D eigenvalue weighted by Crippen LogP contribution is -2.43. The number of rotatable bonds is 6. The standard InChI is InChI=1S/C23H30N2O/c1-3-4-7-16-20-21(24-26)17-22(18-12-8-5-9-13-18)25(2)23(20)19-14-10-6-11-15-19/h5-6,8-15,20,22-23,26H,3-4,7,16-17H2,1-2H3/b24-21+/t20-,22+,23+/m1/s1. The number of hydrogen-bond acceptors (Lipinski definition) is 3. The van der Waals surface area contributed by atoms with Crippen molar-refractivity contribution < 1.29 is 5.21 Å². The first-order valence-corrected chi connectivity index (χ1v) is 9.79. The molecule has 0 radical (unpaired) electrons. The molecule has 138 valence electrons. The highest BCUT2D eigenvalue weighted by atomic mass is 16.4. The van der Waals surface area contributed by atoms with Crippen molar-refractivity contribution in [1.82, 2.24) is 4.90 Å². The van der Waals surface area contributed by atoms with E-state index in [4.69, 9.17) is 0 Å². The van der Waals surface area contributed by atoms with E-state index in [1.165, 1.54) is 30.4 Å². The van der Waals surface area contributed by atoms with Crippen LogP contribution in [0.3, 0.4) is 0 Å². The molecule has 0 saturated carbocycles. The van der Waals surface area contributed by atoms with Crippen molar-refractivity contribution in [2.45, 2.75) is 51.1 Å². The van der Waals surface area contributed by atoms with Gasteiger partial charge in [-0.15, -0.1) is 0 Å². The van der Waals surface area contributed by atoms with Gasteiger partial charge >= 0.3 is 0 Å². The van der Waals surface area contributed by atoms with E-state index in [0.717, 1.165) is 18.6 Å². The van der Waals surface area contributed by atoms with Crippen molar-refractivity contribution in [3.8, 4) is 0 Å². The summed E-state index contributed by atoms with van der Waals surface area (Å²) in [6.45, 7) is 2.23. The lowest BCUT2D eigenvalue weighted by atomic mass is 9.76. The summed E-state index contributed by atoms with van der Waals surface area (Å²) in [7, 11) is 2.22. The average Bonchev–Trinajstić information content (AvgIpc) is 2.70. The summed E-state index contributed by atoms with van der Waals surface area (Å²) in [5.41, 5.74) is 3.53. The Labute approximate surface area is 157 Å². The third-order valence-corrected chi connectivity index (χ3v) is 5.71. The third kappa shape index (κ3) is 3.99. The lowest BCUT2D eigenvalue weighted by molar-refractivity contribution is 0.117. The molecule has 26 heavy (non-hydrogen) atoms. The van der Waals surface area contributed by atoms with Gasteiger partial charge < -0.3 is 5.21 Å². The molecular weight excluding hydrogens is 320 g/mol. The van der Waals surface area contributed by atoms with Crippen molar-refractivity contribution in [3.05, 3.63) is 71.8 Å². The zero-order valence-corrected chi connectivity index (χ0v) is 15.9. The molecule has 0 aromatic heterocycles. The number of hydrogen-bond donors (Lipinski definition) is 1. The molecule has 2 aromatic rings. The highest BCUT2D eigenvalue weighted by molar-refractivity contribution is 5.88. The summed E-state index contributed by atoms with van der Waals surface area (Å²) in [6, 6.07) is 21.7. The van der Waals surface area contributed by atoms with Crippen molar-refractivity contribution >= 4 is 5.71 Å². The Morgan fingerprint density at radius 1 is 0.962 bits per heavy atom. The minimum atomic E-state index is 0.231. The van der Waals surface area contributed by atoms with Crippen molar-refractivity contribution in [3.63, 3.8) is 0 Å². The Balaban J connectivity index is 1.97. The number of benzene rings is 2. The highest BCUT2D eigenvalue weighted by Crippen LogP contribution is 2.44. The predicted molar refractivity (Wildman–Crippen MR) is 108 cm³/mol. The van der Waals surface area contributed by atoms with Gasteiger partial charge in [0.05, 0.1) is 5.71 Å². The summed E-state index contributed by atoms with van der Waals surface area (Å²) >= 11 is 0. The summed E-state index contributed by atoms with van der Waals surface area (Å²) < 4.78 is 0. The van der Waals surface area contributed by atoms with E-state index in [1.54, 1.807) is 0 Å². The van der Waals surface area contributed by atoms with Gasteiger partial charge in [0.25, 0.3) is 0 Å². The fourth-order valence-corrected chi connectivity index (χ4v) is 4.35. The van der Waals surface area contributed by atoms with Gasteiger partial charge in [-0.3, -0.25) is 4.90 Å². The van der Waals surface area contributed by atoms with E-state index in [1.807, 2.05) is 0 Å². The number of unbranched alkanes of at least 4 members (excludes halogenated alkanes) is 2. The SMILES string of the molecule is CCCCC[C@@H]1/C(=N/O)C[C@@H](c2ccccc2)N(C)[C@H]1c1ccccc1. The molecule has 1 aliphatic rings. The van der Waals surface area contributed by atoms with E-state index >= 15 is 0 Å². The van der Waals surface area contributed by atoms with Crippen LogP contribution in [0, 0.1) is 5.92 Å². The summed E-state index contributed by atoms with van der Waals surface area (Å²) in [4.78, 5) is 2.48. The summed E-state index contributed by atoms with van der Waals surface area (Å²) in [6.07, 6.45) is 5.46. The van der Waals surface area contributed by atoms with Gasteiger partial charge in [-0.25, -0.2) is 0 Å². The van der Waals surface area contributed by atoms with Crippen LogP contribution >= 0.6 is 0 Å². The molecule has 0 spiro atoms.